The summed E-state index contributed by atoms with van der Waals surface area (Å²) in [4.78, 5) is 13.2. The third-order valence-electron chi connectivity index (χ3n) is 2.37. The number of sulfonamides is 1. The van der Waals surface area contributed by atoms with Crippen molar-refractivity contribution in [1.29, 1.82) is 5.26 Å². The zero-order valence-electron chi connectivity index (χ0n) is 10.1. The van der Waals surface area contributed by atoms with E-state index in [1.807, 2.05) is 6.07 Å². The summed E-state index contributed by atoms with van der Waals surface area (Å²) in [6, 6.07) is 6.43. The van der Waals surface area contributed by atoms with Gasteiger partial charge in [0.15, 0.2) is 4.21 Å². The summed E-state index contributed by atoms with van der Waals surface area (Å²) in [5, 5.41) is 8.76. The molecule has 1 aromatic carbocycles. The maximum Gasteiger partial charge on any atom is 0.306 e. The van der Waals surface area contributed by atoms with E-state index in [2.05, 4.69) is 25.6 Å². The Morgan fingerprint density at radius 1 is 1.45 bits per heavy atom. The molecule has 0 aliphatic rings. The van der Waals surface area contributed by atoms with Gasteiger partial charge < -0.3 is 4.98 Å². The molecule has 9 heteroatoms. The molecule has 2 rings (SSSR count). The summed E-state index contributed by atoms with van der Waals surface area (Å²) in [5.41, 5.74) is 0.990. The minimum absolute atomic E-state index is 0.0567. The SMILES string of the molecule is Cc1[nH]c(=O)sc1S(=O)(=O)Nc1ccc(C#N)cc1Br. The summed E-state index contributed by atoms with van der Waals surface area (Å²) in [5.74, 6) is 0. The van der Waals surface area contributed by atoms with Crippen molar-refractivity contribution in [3.63, 3.8) is 0 Å². The van der Waals surface area contributed by atoms with Crippen molar-refractivity contribution in [2.45, 2.75) is 11.1 Å². The second-order valence-electron chi connectivity index (χ2n) is 3.84. The first-order valence-electron chi connectivity index (χ1n) is 5.25. The van der Waals surface area contributed by atoms with Gasteiger partial charge in [-0.25, -0.2) is 8.42 Å². The predicted molar refractivity (Wildman–Crippen MR) is 79.3 cm³/mol. The lowest BCUT2D eigenvalue weighted by Gasteiger charge is -2.08. The minimum atomic E-state index is -3.84. The number of aromatic nitrogens is 1. The van der Waals surface area contributed by atoms with Crippen LogP contribution < -0.4 is 9.60 Å². The van der Waals surface area contributed by atoms with Crippen molar-refractivity contribution in [2.75, 3.05) is 4.72 Å². The van der Waals surface area contributed by atoms with Crippen molar-refractivity contribution in [3.8, 4) is 6.07 Å². The predicted octanol–water partition coefficient (Wildman–Crippen LogP) is 2.18. The van der Waals surface area contributed by atoms with Crippen LogP contribution in [0.3, 0.4) is 0 Å². The van der Waals surface area contributed by atoms with Crippen LogP contribution in [0.25, 0.3) is 0 Å². The summed E-state index contributed by atoms with van der Waals surface area (Å²) >= 11 is 3.82. The zero-order chi connectivity index (χ0) is 14.9. The van der Waals surface area contributed by atoms with Gasteiger partial charge in [0.2, 0.25) is 0 Å². The van der Waals surface area contributed by atoms with Crippen LogP contribution in [0.5, 0.6) is 0 Å². The lowest BCUT2D eigenvalue weighted by Crippen LogP contribution is -2.13. The fourth-order valence-electron chi connectivity index (χ4n) is 1.51. The lowest BCUT2D eigenvalue weighted by atomic mass is 10.2. The van der Waals surface area contributed by atoms with Gasteiger partial charge in [0.05, 0.1) is 17.3 Å². The second-order valence-corrected chi connectivity index (χ2v) is 7.55. The van der Waals surface area contributed by atoms with Gasteiger partial charge in [-0.05, 0) is 41.1 Å². The topological polar surface area (TPSA) is 103 Å². The Kier molecular flexibility index (Phi) is 3.99. The van der Waals surface area contributed by atoms with Crippen molar-refractivity contribution >= 4 is 43.0 Å². The molecule has 0 aliphatic heterocycles. The number of hydrogen-bond donors (Lipinski definition) is 2. The van der Waals surface area contributed by atoms with E-state index in [1.165, 1.54) is 25.1 Å². The van der Waals surface area contributed by atoms with E-state index in [9.17, 15) is 13.2 Å². The van der Waals surface area contributed by atoms with E-state index in [4.69, 9.17) is 5.26 Å². The van der Waals surface area contributed by atoms with E-state index in [1.54, 1.807) is 0 Å². The monoisotopic (exact) mass is 373 g/mol. The number of nitriles is 1. The first-order valence-corrected chi connectivity index (χ1v) is 8.35. The van der Waals surface area contributed by atoms with E-state index in [-0.39, 0.29) is 9.90 Å². The molecule has 2 aromatic rings. The number of nitrogens with one attached hydrogen (secondary N) is 2. The number of nitrogens with zero attached hydrogens (tertiary/aromatic N) is 1. The molecule has 0 fully saturated rings. The third-order valence-corrected chi connectivity index (χ3v) is 5.99. The number of aryl methyl sites for hydroxylation is 1. The molecular weight excluding hydrogens is 366 g/mol. The number of thiazole rings is 1. The van der Waals surface area contributed by atoms with Crippen LogP contribution >= 0.6 is 27.3 Å². The number of rotatable bonds is 3. The molecule has 0 bridgehead atoms. The van der Waals surface area contributed by atoms with Crippen LogP contribution in [-0.2, 0) is 10.0 Å². The standard InChI is InChI=1S/C11H8BrN3O3S2/c1-6-10(19-11(16)14-6)20(17,18)15-9-3-2-7(5-13)4-8(9)12/h2-4,15H,1H3,(H,14,16). The van der Waals surface area contributed by atoms with Gasteiger partial charge in [0, 0.05) is 10.2 Å². The summed E-state index contributed by atoms with van der Waals surface area (Å²) in [7, 11) is -3.84. The first kappa shape index (κ1) is 14.8. The minimum Gasteiger partial charge on any atom is -0.315 e. The number of H-pyrrole nitrogens is 1. The van der Waals surface area contributed by atoms with Crippen molar-refractivity contribution in [3.05, 3.63) is 43.6 Å². The molecule has 1 heterocycles. The van der Waals surface area contributed by atoms with Crippen molar-refractivity contribution < 1.29 is 8.42 Å². The van der Waals surface area contributed by atoms with Crippen LogP contribution in [0.2, 0.25) is 0 Å². The van der Waals surface area contributed by atoms with Gasteiger partial charge in [0.1, 0.15) is 0 Å². The molecule has 0 saturated carbocycles. The van der Waals surface area contributed by atoms with Gasteiger partial charge in [-0.3, -0.25) is 9.52 Å². The van der Waals surface area contributed by atoms with Crippen LogP contribution in [0.1, 0.15) is 11.3 Å². The molecule has 0 spiro atoms. The summed E-state index contributed by atoms with van der Waals surface area (Å²) < 4.78 is 27.2. The Morgan fingerprint density at radius 3 is 2.65 bits per heavy atom. The maximum atomic E-state index is 12.2. The fraction of sp³-hybridized carbons (Fsp3) is 0.0909. The van der Waals surface area contributed by atoms with Crippen LogP contribution in [0.15, 0.2) is 31.7 Å². The van der Waals surface area contributed by atoms with Gasteiger partial charge in [-0.1, -0.05) is 11.3 Å². The first-order chi connectivity index (χ1) is 9.33. The molecule has 0 unspecified atom stereocenters. The van der Waals surface area contributed by atoms with E-state index >= 15 is 0 Å². The average Bonchev–Trinajstić information content (AvgIpc) is 2.71. The molecule has 6 nitrogen and oxygen atoms in total. The Hall–Kier alpha value is -1.63. The highest BCUT2D eigenvalue weighted by Gasteiger charge is 2.21. The third kappa shape index (κ3) is 2.92. The van der Waals surface area contributed by atoms with E-state index < -0.39 is 14.9 Å². The fourth-order valence-corrected chi connectivity index (χ4v) is 4.50. The number of benzene rings is 1. The van der Waals surface area contributed by atoms with Gasteiger partial charge in [0.25, 0.3) is 10.0 Å². The highest BCUT2D eigenvalue weighted by atomic mass is 79.9. The average molecular weight is 374 g/mol. The quantitative estimate of drug-likeness (QED) is 0.860. The number of aromatic amines is 1. The Balaban J connectivity index is 2.41. The Bertz CT molecular complexity index is 862. The molecule has 0 saturated heterocycles. The highest BCUT2D eigenvalue weighted by molar-refractivity contribution is 9.10. The summed E-state index contributed by atoms with van der Waals surface area (Å²) in [6.07, 6.45) is 0. The number of anilines is 1. The van der Waals surface area contributed by atoms with Crippen LogP contribution in [0, 0.1) is 18.3 Å². The normalized spacial score (nSPS) is 11.1. The van der Waals surface area contributed by atoms with Gasteiger partial charge in [-0.2, -0.15) is 5.26 Å². The zero-order valence-corrected chi connectivity index (χ0v) is 13.3. The molecule has 0 radical (unpaired) electrons. The molecule has 0 amide bonds. The van der Waals surface area contributed by atoms with Crippen LogP contribution in [-0.4, -0.2) is 13.4 Å². The molecule has 104 valence electrons. The Morgan fingerprint density at radius 2 is 2.15 bits per heavy atom. The van der Waals surface area contributed by atoms with Crippen LogP contribution in [0.4, 0.5) is 5.69 Å². The molecule has 2 N–H and O–H groups in total. The molecule has 20 heavy (non-hydrogen) atoms. The maximum absolute atomic E-state index is 12.2. The van der Waals surface area contributed by atoms with Gasteiger partial charge >= 0.3 is 4.87 Å². The summed E-state index contributed by atoms with van der Waals surface area (Å²) in [6.45, 7) is 1.51. The Labute approximate surface area is 127 Å². The second kappa shape index (κ2) is 5.40. The lowest BCUT2D eigenvalue weighted by molar-refractivity contribution is 0.602. The molecule has 0 atom stereocenters. The number of hydrogen-bond acceptors (Lipinski definition) is 5. The molecular formula is C11H8BrN3O3S2. The largest absolute Gasteiger partial charge is 0.315 e. The van der Waals surface area contributed by atoms with Crippen molar-refractivity contribution in [1.82, 2.24) is 4.98 Å². The highest BCUT2D eigenvalue weighted by Crippen LogP contribution is 2.27. The van der Waals surface area contributed by atoms with E-state index in [0.29, 0.717) is 27.1 Å². The van der Waals surface area contributed by atoms with E-state index in [0.717, 1.165) is 0 Å². The molecule has 1 aromatic heterocycles. The van der Waals surface area contributed by atoms with Crippen molar-refractivity contribution in [2.24, 2.45) is 0 Å². The molecule has 0 aliphatic carbocycles. The number of halogens is 1. The smallest absolute Gasteiger partial charge is 0.306 e. The van der Waals surface area contributed by atoms with Gasteiger partial charge in [-0.15, -0.1) is 0 Å².